The van der Waals surface area contributed by atoms with Crippen molar-refractivity contribution < 1.29 is 8.42 Å². The van der Waals surface area contributed by atoms with Gasteiger partial charge in [-0.2, -0.15) is 5.10 Å². The van der Waals surface area contributed by atoms with E-state index in [2.05, 4.69) is 69.8 Å². The number of aromatic amines is 1. The van der Waals surface area contributed by atoms with E-state index < -0.39 is 10.0 Å². The van der Waals surface area contributed by atoms with E-state index in [4.69, 9.17) is 0 Å². The van der Waals surface area contributed by atoms with Crippen molar-refractivity contribution in [3.8, 4) is 11.4 Å². The van der Waals surface area contributed by atoms with E-state index in [1.54, 1.807) is 18.2 Å². The van der Waals surface area contributed by atoms with Gasteiger partial charge in [-0.1, -0.05) is 87.5 Å². The van der Waals surface area contributed by atoms with Gasteiger partial charge >= 0.3 is 5.69 Å². The minimum Gasteiger partial charge on any atom is -0.293 e. The molecule has 5 aromatic rings. The molecule has 0 bridgehead atoms. The first-order valence-corrected chi connectivity index (χ1v) is 15.3. The van der Waals surface area contributed by atoms with Crippen LogP contribution in [0.2, 0.25) is 0 Å². The summed E-state index contributed by atoms with van der Waals surface area (Å²) < 4.78 is 29.0. The summed E-state index contributed by atoms with van der Waals surface area (Å²) in [4.78, 5) is 24.1. The zero-order valence-electron chi connectivity index (χ0n) is 23.9. The molecule has 0 amide bonds. The summed E-state index contributed by atoms with van der Waals surface area (Å²) in [6.45, 7) is 6.97. The van der Waals surface area contributed by atoms with E-state index in [-0.39, 0.29) is 21.7 Å². The third-order valence-corrected chi connectivity index (χ3v) is 8.33. The fourth-order valence-corrected chi connectivity index (χ4v) is 5.58. The fourth-order valence-electron chi connectivity index (χ4n) is 4.53. The molecule has 0 saturated carbocycles. The van der Waals surface area contributed by atoms with Gasteiger partial charge in [-0.3, -0.25) is 9.71 Å². The summed E-state index contributed by atoms with van der Waals surface area (Å²) in [5.74, 6) is 1.18. The first-order valence-electron chi connectivity index (χ1n) is 13.8. The van der Waals surface area contributed by atoms with Crippen molar-refractivity contribution in [2.45, 2.75) is 56.9 Å². The highest BCUT2D eigenvalue weighted by molar-refractivity contribution is 7.92. The molecule has 0 aliphatic carbocycles. The largest absolute Gasteiger partial charge is 0.343 e. The maximum Gasteiger partial charge on any atom is 0.343 e. The second kappa shape index (κ2) is 12.1. The molecule has 0 spiro atoms. The van der Waals surface area contributed by atoms with Gasteiger partial charge < -0.3 is 0 Å². The van der Waals surface area contributed by atoms with E-state index in [1.165, 1.54) is 34.8 Å². The molecular weight excluding hydrogens is 548 g/mol. The standard InChI is InChI=1S/C32H34N6O3S/c1-32(2,3)26-18-14-24(15-19-26)22-38-31(39)35-29(36-38)11-7-8-23-12-16-25(17-13-23)30-33-20-27(21-34-30)37-42(40,41)28-9-5-4-6-10-28/h4-6,9-10,12-21,37H,7-8,11,22H2,1-3H3,(H,35,36,39). The Morgan fingerprint density at radius 3 is 2.12 bits per heavy atom. The van der Waals surface area contributed by atoms with Gasteiger partial charge in [0.15, 0.2) is 5.82 Å². The zero-order chi connectivity index (χ0) is 29.7. The Bertz CT molecular complexity index is 1790. The van der Waals surface area contributed by atoms with Crippen LogP contribution in [0.1, 0.15) is 49.7 Å². The van der Waals surface area contributed by atoms with Crippen LogP contribution >= 0.6 is 0 Å². The van der Waals surface area contributed by atoms with E-state index in [0.717, 1.165) is 29.5 Å². The van der Waals surface area contributed by atoms with Crippen molar-refractivity contribution in [1.82, 2.24) is 24.7 Å². The summed E-state index contributed by atoms with van der Waals surface area (Å²) in [5.41, 5.74) is 4.44. The van der Waals surface area contributed by atoms with Crippen molar-refractivity contribution in [1.29, 1.82) is 0 Å². The molecule has 0 unspecified atom stereocenters. The number of rotatable bonds is 10. The summed E-state index contributed by atoms with van der Waals surface area (Å²) in [6.07, 6.45) is 5.23. The topological polar surface area (TPSA) is 123 Å². The fraction of sp³-hybridized carbons (Fsp3) is 0.250. The van der Waals surface area contributed by atoms with Gasteiger partial charge in [-0.05, 0) is 47.1 Å². The summed E-state index contributed by atoms with van der Waals surface area (Å²) in [6, 6.07) is 24.4. The monoisotopic (exact) mass is 582 g/mol. The molecule has 2 heterocycles. The molecule has 2 aromatic heterocycles. The first-order chi connectivity index (χ1) is 20.1. The molecular formula is C32H34N6O3S. The van der Waals surface area contributed by atoms with Crippen LogP contribution in [-0.2, 0) is 34.8 Å². The van der Waals surface area contributed by atoms with Gasteiger partial charge in [0, 0.05) is 12.0 Å². The number of aryl methyl sites for hydroxylation is 2. The van der Waals surface area contributed by atoms with Crippen LogP contribution in [0.25, 0.3) is 11.4 Å². The lowest BCUT2D eigenvalue weighted by Crippen LogP contribution is -2.19. The van der Waals surface area contributed by atoms with Gasteiger partial charge in [-0.25, -0.2) is 27.9 Å². The molecule has 0 fully saturated rings. The Kier molecular flexibility index (Phi) is 8.35. The lowest BCUT2D eigenvalue weighted by molar-refractivity contribution is 0.589. The van der Waals surface area contributed by atoms with Crippen LogP contribution in [0.5, 0.6) is 0 Å². The highest BCUT2D eigenvalue weighted by atomic mass is 32.2. The smallest absolute Gasteiger partial charge is 0.293 e. The molecule has 10 heteroatoms. The number of hydrogen-bond acceptors (Lipinski definition) is 6. The predicted octanol–water partition coefficient (Wildman–Crippen LogP) is 5.35. The second-order valence-corrected chi connectivity index (χ2v) is 12.9. The minimum absolute atomic E-state index is 0.0856. The third-order valence-electron chi connectivity index (χ3n) is 6.93. The average molecular weight is 583 g/mol. The van der Waals surface area contributed by atoms with Crippen molar-refractivity contribution >= 4 is 15.7 Å². The summed E-state index contributed by atoms with van der Waals surface area (Å²) in [7, 11) is -3.70. The molecule has 42 heavy (non-hydrogen) atoms. The summed E-state index contributed by atoms with van der Waals surface area (Å²) in [5, 5.41) is 4.50. The zero-order valence-corrected chi connectivity index (χ0v) is 24.7. The quantitative estimate of drug-likeness (QED) is 0.229. The number of anilines is 1. The maximum atomic E-state index is 12.5. The number of hydrogen-bond donors (Lipinski definition) is 2. The normalized spacial score (nSPS) is 11.9. The van der Waals surface area contributed by atoms with Gasteiger partial charge in [0.2, 0.25) is 0 Å². The predicted molar refractivity (Wildman–Crippen MR) is 164 cm³/mol. The van der Waals surface area contributed by atoms with Crippen molar-refractivity contribution in [2.24, 2.45) is 0 Å². The number of benzene rings is 3. The molecule has 5 rings (SSSR count). The number of sulfonamides is 1. The number of nitrogens with one attached hydrogen (secondary N) is 2. The molecule has 0 saturated heterocycles. The van der Waals surface area contributed by atoms with Crippen LogP contribution in [0.3, 0.4) is 0 Å². The first kappa shape index (κ1) is 28.9. The van der Waals surface area contributed by atoms with Crippen LogP contribution in [0.4, 0.5) is 5.69 Å². The number of aromatic nitrogens is 5. The minimum atomic E-state index is -3.70. The average Bonchev–Trinajstić information content (AvgIpc) is 3.32. The van der Waals surface area contributed by atoms with Crippen molar-refractivity contribution in [3.63, 3.8) is 0 Å². The van der Waals surface area contributed by atoms with Crippen molar-refractivity contribution in [2.75, 3.05) is 4.72 Å². The van der Waals surface area contributed by atoms with Crippen LogP contribution in [0.15, 0.2) is 101 Å². The third kappa shape index (κ3) is 7.19. The SMILES string of the molecule is CC(C)(C)c1ccc(Cn2nc(CCCc3ccc(-c4ncc(NS(=O)(=O)c5ccccc5)cn4)cc3)[nH]c2=O)cc1. The lowest BCUT2D eigenvalue weighted by Gasteiger charge is -2.19. The van der Waals surface area contributed by atoms with Gasteiger partial charge in [-0.15, -0.1) is 0 Å². The molecule has 0 radical (unpaired) electrons. The molecule has 0 aliphatic rings. The number of H-pyrrole nitrogens is 1. The van der Waals surface area contributed by atoms with E-state index in [0.29, 0.717) is 24.6 Å². The number of nitrogens with zero attached hydrogens (tertiary/aromatic N) is 4. The highest BCUT2D eigenvalue weighted by Gasteiger charge is 2.15. The second-order valence-electron chi connectivity index (χ2n) is 11.2. The Balaban J connectivity index is 1.13. The van der Waals surface area contributed by atoms with Crippen LogP contribution < -0.4 is 10.4 Å². The van der Waals surface area contributed by atoms with E-state index >= 15 is 0 Å². The highest BCUT2D eigenvalue weighted by Crippen LogP contribution is 2.22. The van der Waals surface area contributed by atoms with E-state index in [1.807, 2.05) is 24.3 Å². The Morgan fingerprint density at radius 2 is 1.48 bits per heavy atom. The molecule has 0 atom stereocenters. The van der Waals surface area contributed by atoms with Crippen molar-refractivity contribution in [3.05, 3.63) is 124 Å². The molecule has 9 nitrogen and oxygen atoms in total. The van der Waals surface area contributed by atoms with Gasteiger partial charge in [0.1, 0.15) is 5.82 Å². The van der Waals surface area contributed by atoms with Crippen LogP contribution in [0, 0.1) is 0 Å². The molecule has 3 aromatic carbocycles. The maximum absolute atomic E-state index is 12.5. The molecule has 0 aliphatic heterocycles. The lowest BCUT2D eigenvalue weighted by atomic mass is 9.87. The Hall–Kier alpha value is -4.57. The van der Waals surface area contributed by atoms with Gasteiger partial charge in [0.25, 0.3) is 10.0 Å². The molecule has 2 N–H and O–H groups in total. The van der Waals surface area contributed by atoms with E-state index in [9.17, 15) is 13.2 Å². The van der Waals surface area contributed by atoms with Gasteiger partial charge in [0.05, 0.1) is 29.5 Å². The Labute approximate surface area is 245 Å². The summed E-state index contributed by atoms with van der Waals surface area (Å²) >= 11 is 0. The molecule has 216 valence electrons. The Morgan fingerprint density at radius 1 is 0.833 bits per heavy atom. The van der Waals surface area contributed by atoms with Crippen LogP contribution in [-0.4, -0.2) is 33.2 Å².